The smallest absolute Gasteiger partial charge is 0.224 e. The molecule has 2 rings (SSSR count). The van der Waals surface area contributed by atoms with Crippen LogP contribution in [0.4, 0.5) is 0 Å². The van der Waals surface area contributed by atoms with E-state index in [0.29, 0.717) is 11.4 Å². The Morgan fingerprint density at radius 3 is 2.76 bits per heavy atom. The normalized spacial score (nSPS) is 23.6. The van der Waals surface area contributed by atoms with Gasteiger partial charge in [0, 0.05) is 11.1 Å². The topological polar surface area (TPSA) is 29.1 Å². The average molecular weight is 272 g/mol. The highest BCUT2D eigenvalue weighted by Gasteiger charge is 2.26. The van der Waals surface area contributed by atoms with E-state index in [1.807, 2.05) is 18.2 Å². The van der Waals surface area contributed by atoms with Gasteiger partial charge in [0.15, 0.2) is 0 Å². The number of alkyl halides is 1. The van der Waals surface area contributed by atoms with Gasteiger partial charge in [0.05, 0.1) is 11.8 Å². The summed E-state index contributed by atoms with van der Waals surface area (Å²) in [7, 11) is 0. The van der Waals surface area contributed by atoms with Crippen LogP contribution in [0.3, 0.4) is 0 Å². The number of amides is 1. The van der Waals surface area contributed by atoms with Crippen molar-refractivity contribution >= 4 is 29.1 Å². The maximum atomic E-state index is 11.8. The maximum absolute atomic E-state index is 11.8. The standard InChI is InChI=1S/C13H15Cl2NO/c14-10-5-2-1-4-9(10)8-13(17)16-12-7-3-6-11(12)15/h1-2,4-5,11-12H,3,6-8H2,(H,16,17). The lowest BCUT2D eigenvalue weighted by atomic mass is 10.1. The van der Waals surface area contributed by atoms with Gasteiger partial charge in [0.1, 0.15) is 0 Å². The van der Waals surface area contributed by atoms with Crippen LogP contribution in [0, 0.1) is 0 Å². The highest BCUT2D eigenvalue weighted by molar-refractivity contribution is 6.31. The number of hydrogen-bond acceptors (Lipinski definition) is 1. The summed E-state index contributed by atoms with van der Waals surface area (Å²) in [6.07, 6.45) is 3.37. The lowest BCUT2D eigenvalue weighted by Crippen LogP contribution is -2.38. The molecular weight excluding hydrogens is 257 g/mol. The Balaban J connectivity index is 1.91. The van der Waals surface area contributed by atoms with Crippen LogP contribution in [0.5, 0.6) is 0 Å². The lowest BCUT2D eigenvalue weighted by molar-refractivity contribution is -0.121. The van der Waals surface area contributed by atoms with Gasteiger partial charge in [-0.15, -0.1) is 11.6 Å². The Bertz CT molecular complexity index is 408. The number of carbonyl (C=O) groups excluding carboxylic acids is 1. The number of halogens is 2. The van der Waals surface area contributed by atoms with E-state index < -0.39 is 0 Å². The number of benzene rings is 1. The van der Waals surface area contributed by atoms with E-state index in [1.54, 1.807) is 6.07 Å². The Kier molecular flexibility index (Phi) is 4.30. The first-order valence-corrected chi connectivity index (χ1v) is 6.65. The zero-order chi connectivity index (χ0) is 12.3. The molecule has 1 N–H and O–H groups in total. The molecule has 0 aliphatic heterocycles. The molecule has 92 valence electrons. The van der Waals surface area contributed by atoms with Crippen LogP contribution in [0.1, 0.15) is 24.8 Å². The van der Waals surface area contributed by atoms with Gasteiger partial charge in [-0.2, -0.15) is 0 Å². The first-order chi connectivity index (χ1) is 8.16. The van der Waals surface area contributed by atoms with Crippen molar-refractivity contribution in [2.75, 3.05) is 0 Å². The van der Waals surface area contributed by atoms with E-state index in [1.165, 1.54) is 0 Å². The van der Waals surface area contributed by atoms with E-state index in [0.717, 1.165) is 24.8 Å². The summed E-state index contributed by atoms with van der Waals surface area (Å²) < 4.78 is 0. The predicted molar refractivity (Wildman–Crippen MR) is 70.6 cm³/mol. The van der Waals surface area contributed by atoms with Crippen molar-refractivity contribution in [1.82, 2.24) is 5.32 Å². The van der Waals surface area contributed by atoms with Crippen LogP contribution in [-0.4, -0.2) is 17.3 Å². The van der Waals surface area contributed by atoms with Crippen molar-refractivity contribution in [3.63, 3.8) is 0 Å². The van der Waals surface area contributed by atoms with E-state index in [4.69, 9.17) is 23.2 Å². The molecule has 0 spiro atoms. The Hall–Kier alpha value is -0.730. The summed E-state index contributed by atoms with van der Waals surface area (Å²) in [5.74, 6) is -0.00403. The number of hydrogen-bond donors (Lipinski definition) is 1. The molecule has 0 radical (unpaired) electrons. The molecule has 0 aromatic heterocycles. The first kappa shape index (κ1) is 12.7. The molecule has 0 saturated heterocycles. The third-order valence-electron chi connectivity index (χ3n) is 3.09. The Morgan fingerprint density at radius 1 is 1.35 bits per heavy atom. The maximum Gasteiger partial charge on any atom is 0.224 e. The minimum absolute atomic E-state index is 0.00403. The van der Waals surface area contributed by atoms with Gasteiger partial charge in [-0.3, -0.25) is 4.79 Å². The fourth-order valence-electron chi connectivity index (χ4n) is 2.15. The lowest BCUT2D eigenvalue weighted by Gasteiger charge is -2.16. The van der Waals surface area contributed by atoms with Crippen molar-refractivity contribution in [1.29, 1.82) is 0 Å². The molecule has 0 heterocycles. The van der Waals surface area contributed by atoms with Crippen molar-refractivity contribution in [3.8, 4) is 0 Å². The molecule has 1 aromatic carbocycles. The van der Waals surface area contributed by atoms with E-state index in [-0.39, 0.29) is 17.3 Å². The van der Waals surface area contributed by atoms with Crippen LogP contribution in [0.15, 0.2) is 24.3 Å². The summed E-state index contributed by atoms with van der Waals surface area (Å²) in [6, 6.07) is 7.52. The van der Waals surface area contributed by atoms with Gasteiger partial charge in [0.25, 0.3) is 0 Å². The van der Waals surface area contributed by atoms with Crippen molar-refractivity contribution in [2.24, 2.45) is 0 Å². The second-order valence-corrected chi connectivity index (χ2v) is 5.36. The van der Waals surface area contributed by atoms with Gasteiger partial charge >= 0.3 is 0 Å². The van der Waals surface area contributed by atoms with Crippen LogP contribution in [0.2, 0.25) is 5.02 Å². The third kappa shape index (κ3) is 3.36. The van der Waals surface area contributed by atoms with Crippen LogP contribution >= 0.6 is 23.2 Å². The molecule has 1 aliphatic rings. The number of nitrogens with one attached hydrogen (secondary N) is 1. The SMILES string of the molecule is O=C(Cc1ccccc1Cl)NC1CCCC1Cl. The fraction of sp³-hybridized carbons (Fsp3) is 0.462. The first-order valence-electron chi connectivity index (χ1n) is 5.83. The van der Waals surface area contributed by atoms with Gasteiger partial charge < -0.3 is 5.32 Å². The van der Waals surface area contributed by atoms with Gasteiger partial charge in [-0.25, -0.2) is 0 Å². The summed E-state index contributed by atoms with van der Waals surface area (Å²) in [5.41, 5.74) is 0.857. The van der Waals surface area contributed by atoms with Crippen LogP contribution < -0.4 is 5.32 Å². The fourth-order valence-corrected chi connectivity index (χ4v) is 2.70. The van der Waals surface area contributed by atoms with Crippen LogP contribution in [-0.2, 0) is 11.2 Å². The molecule has 2 atom stereocenters. The highest BCUT2D eigenvalue weighted by Crippen LogP contribution is 2.24. The number of carbonyl (C=O) groups is 1. The minimum atomic E-state index is -0.00403. The molecule has 1 fully saturated rings. The third-order valence-corrected chi connectivity index (χ3v) is 3.98. The van der Waals surface area contributed by atoms with E-state index >= 15 is 0 Å². The Morgan fingerprint density at radius 2 is 2.12 bits per heavy atom. The molecule has 1 aliphatic carbocycles. The summed E-state index contributed by atoms with van der Waals surface area (Å²) in [4.78, 5) is 11.8. The number of rotatable bonds is 3. The molecule has 1 aromatic rings. The largest absolute Gasteiger partial charge is 0.352 e. The molecule has 1 saturated carbocycles. The second-order valence-electron chi connectivity index (χ2n) is 4.39. The summed E-state index contributed by atoms with van der Waals surface area (Å²) >= 11 is 12.1. The van der Waals surface area contributed by atoms with Crippen molar-refractivity contribution < 1.29 is 4.79 Å². The van der Waals surface area contributed by atoms with Gasteiger partial charge in [-0.1, -0.05) is 29.8 Å². The van der Waals surface area contributed by atoms with Crippen molar-refractivity contribution in [3.05, 3.63) is 34.9 Å². The predicted octanol–water partition coefficient (Wildman–Crippen LogP) is 3.16. The van der Waals surface area contributed by atoms with Crippen molar-refractivity contribution in [2.45, 2.75) is 37.1 Å². The summed E-state index contributed by atoms with van der Waals surface area (Å²) in [5, 5.41) is 3.68. The Labute approximate surface area is 111 Å². The van der Waals surface area contributed by atoms with E-state index in [2.05, 4.69) is 5.32 Å². The van der Waals surface area contributed by atoms with Crippen LogP contribution in [0.25, 0.3) is 0 Å². The molecule has 2 unspecified atom stereocenters. The average Bonchev–Trinajstić information content (AvgIpc) is 2.68. The molecule has 1 amide bonds. The second kappa shape index (κ2) is 5.74. The molecule has 0 bridgehead atoms. The van der Waals surface area contributed by atoms with E-state index in [9.17, 15) is 4.79 Å². The zero-order valence-electron chi connectivity index (χ0n) is 9.46. The highest BCUT2D eigenvalue weighted by atomic mass is 35.5. The molecular formula is C13H15Cl2NO. The summed E-state index contributed by atoms with van der Waals surface area (Å²) in [6.45, 7) is 0. The quantitative estimate of drug-likeness (QED) is 0.841. The molecule has 17 heavy (non-hydrogen) atoms. The van der Waals surface area contributed by atoms with Gasteiger partial charge in [-0.05, 0) is 30.9 Å². The zero-order valence-corrected chi connectivity index (χ0v) is 11.0. The monoisotopic (exact) mass is 271 g/mol. The minimum Gasteiger partial charge on any atom is -0.352 e. The van der Waals surface area contributed by atoms with Gasteiger partial charge in [0.2, 0.25) is 5.91 Å². The molecule has 2 nitrogen and oxygen atoms in total. The molecule has 4 heteroatoms.